The summed E-state index contributed by atoms with van der Waals surface area (Å²) in [4.78, 5) is 0.223. The number of hydrogen-bond acceptors (Lipinski definition) is 3. The average molecular weight is 342 g/mol. The Morgan fingerprint density at radius 1 is 1.00 bits per heavy atom. The molecule has 0 radical (unpaired) electrons. The summed E-state index contributed by atoms with van der Waals surface area (Å²) in [6.45, 7) is 14.3. The number of hydrogen-bond donors (Lipinski definition) is 2. The summed E-state index contributed by atoms with van der Waals surface area (Å²) in [6, 6.07) is 3.19. The molecular weight excluding hydrogens is 310 g/mol. The molecule has 0 saturated heterocycles. The third-order valence-electron chi connectivity index (χ3n) is 3.83. The number of unbranched alkanes of at least 4 members (excludes halogenated alkanes) is 1. The largest absolute Gasteiger partial charge is 0.507 e. The van der Waals surface area contributed by atoms with E-state index < -0.39 is 10.0 Å². The number of phenolic OH excluding ortho intramolecular Hbond substituents is 1. The van der Waals surface area contributed by atoms with Crippen molar-refractivity contribution in [1.82, 2.24) is 4.72 Å². The van der Waals surface area contributed by atoms with E-state index in [2.05, 4.69) is 4.72 Å². The summed E-state index contributed by atoms with van der Waals surface area (Å²) in [6.07, 6.45) is 1.73. The van der Waals surface area contributed by atoms with Gasteiger partial charge >= 0.3 is 0 Å². The Labute approximate surface area is 141 Å². The minimum Gasteiger partial charge on any atom is -0.507 e. The van der Waals surface area contributed by atoms with E-state index in [9.17, 15) is 13.5 Å². The topological polar surface area (TPSA) is 66.4 Å². The molecule has 0 bridgehead atoms. The Kier molecular flexibility index (Phi) is 5.92. The van der Waals surface area contributed by atoms with Crippen molar-refractivity contribution in [2.45, 2.75) is 77.0 Å². The first-order valence-corrected chi connectivity index (χ1v) is 9.66. The molecule has 4 nitrogen and oxygen atoms in total. The highest BCUT2D eigenvalue weighted by Crippen LogP contribution is 2.40. The Bertz CT molecular complexity index is 615. The monoisotopic (exact) mass is 341 g/mol. The van der Waals surface area contributed by atoms with E-state index in [0.717, 1.165) is 12.8 Å². The van der Waals surface area contributed by atoms with Gasteiger partial charge in [0.25, 0.3) is 0 Å². The second kappa shape index (κ2) is 6.81. The smallest absolute Gasteiger partial charge is 0.240 e. The van der Waals surface area contributed by atoms with Gasteiger partial charge in [0, 0.05) is 17.7 Å². The lowest BCUT2D eigenvalue weighted by Crippen LogP contribution is -2.26. The van der Waals surface area contributed by atoms with E-state index in [0.29, 0.717) is 17.7 Å². The molecule has 1 aromatic rings. The SMILES string of the molecule is CCCCNS(=O)(=O)c1cc(C(C)(C)C)c(O)c(C(C)(C)C)c1. The maximum atomic E-state index is 12.6. The van der Waals surface area contributed by atoms with Gasteiger partial charge in [0.05, 0.1) is 4.90 Å². The van der Waals surface area contributed by atoms with E-state index in [-0.39, 0.29) is 21.5 Å². The van der Waals surface area contributed by atoms with Gasteiger partial charge in [-0.3, -0.25) is 0 Å². The van der Waals surface area contributed by atoms with E-state index >= 15 is 0 Å². The van der Waals surface area contributed by atoms with Crippen molar-refractivity contribution < 1.29 is 13.5 Å². The Hall–Kier alpha value is -1.07. The van der Waals surface area contributed by atoms with Crippen molar-refractivity contribution in [3.8, 4) is 5.75 Å². The molecule has 0 unspecified atom stereocenters. The summed E-state index contributed by atoms with van der Waals surface area (Å²) in [5.41, 5.74) is 0.611. The Morgan fingerprint density at radius 3 is 1.78 bits per heavy atom. The zero-order valence-electron chi connectivity index (χ0n) is 15.4. The van der Waals surface area contributed by atoms with Crippen LogP contribution < -0.4 is 4.72 Å². The molecule has 132 valence electrons. The molecule has 1 aromatic carbocycles. The number of aromatic hydroxyl groups is 1. The highest BCUT2D eigenvalue weighted by atomic mass is 32.2. The third-order valence-corrected chi connectivity index (χ3v) is 5.27. The minimum atomic E-state index is -3.58. The fraction of sp³-hybridized carbons (Fsp3) is 0.667. The molecule has 5 heteroatoms. The molecule has 0 aliphatic heterocycles. The molecule has 0 atom stereocenters. The Morgan fingerprint density at radius 2 is 1.43 bits per heavy atom. The van der Waals surface area contributed by atoms with Crippen molar-refractivity contribution in [3.63, 3.8) is 0 Å². The first-order chi connectivity index (χ1) is 10.3. The van der Waals surface area contributed by atoms with Crippen LogP contribution in [0.1, 0.15) is 72.4 Å². The van der Waals surface area contributed by atoms with Crippen LogP contribution >= 0.6 is 0 Å². The quantitative estimate of drug-likeness (QED) is 0.794. The highest BCUT2D eigenvalue weighted by molar-refractivity contribution is 7.89. The van der Waals surface area contributed by atoms with Crippen LogP contribution in [0.4, 0.5) is 0 Å². The molecular formula is C18H31NO3S. The zero-order chi connectivity index (χ0) is 18.1. The summed E-state index contributed by atoms with van der Waals surface area (Å²) in [5, 5.41) is 10.6. The van der Waals surface area contributed by atoms with Crippen molar-refractivity contribution in [2.24, 2.45) is 0 Å². The molecule has 0 spiro atoms. The molecule has 0 fully saturated rings. The molecule has 0 aromatic heterocycles. The van der Waals surface area contributed by atoms with E-state index in [1.807, 2.05) is 48.5 Å². The second-order valence-corrected chi connectivity index (χ2v) is 9.89. The minimum absolute atomic E-state index is 0.192. The van der Waals surface area contributed by atoms with Crippen LogP contribution in [0.2, 0.25) is 0 Å². The maximum absolute atomic E-state index is 12.6. The van der Waals surface area contributed by atoms with Gasteiger partial charge in [-0.15, -0.1) is 0 Å². The van der Waals surface area contributed by atoms with Crippen LogP contribution in [0, 0.1) is 0 Å². The zero-order valence-corrected chi connectivity index (χ0v) is 16.3. The second-order valence-electron chi connectivity index (χ2n) is 8.12. The molecule has 0 heterocycles. The number of benzene rings is 1. The molecule has 0 amide bonds. The van der Waals surface area contributed by atoms with Gasteiger partial charge < -0.3 is 5.11 Å². The predicted molar refractivity (Wildman–Crippen MR) is 95.6 cm³/mol. The number of sulfonamides is 1. The number of phenols is 1. The lowest BCUT2D eigenvalue weighted by Gasteiger charge is -2.28. The van der Waals surface area contributed by atoms with Gasteiger partial charge in [-0.2, -0.15) is 0 Å². The molecule has 0 aliphatic rings. The number of nitrogens with one attached hydrogen (secondary N) is 1. The molecule has 1 rings (SSSR count). The van der Waals surface area contributed by atoms with Gasteiger partial charge in [-0.05, 0) is 29.4 Å². The third kappa shape index (κ3) is 4.95. The van der Waals surface area contributed by atoms with Crippen LogP contribution in [-0.2, 0) is 20.9 Å². The normalized spacial score (nSPS) is 13.3. The number of rotatable bonds is 5. The molecule has 0 saturated carbocycles. The summed E-state index contributed by atoms with van der Waals surface area (Å²) in [7, 11) is -3.58. The highest BCUT2D eigenvalue weighted by Gasteiger charge is 2.29. The van der Waals surface area contributed by atoms with Crippen molar-refractivity contribution >= 4 is 10.0 Å². The van der Waals surface area contributed by atoms with Crippen molar-refractivity contribution in [2.75, 3.05) is 6.54 Å². The lowest BCUT2D eigenvalue weighted by atomic mass is 9.79. The summed E-state index contributed by atoms with van der Waals surface area (Å²) in [5.74, 6) is 0.192. The van der Waals surface area contributed by atoms with Crippen LogP contribution in [0.3, 0.4) is 0 Å². The van der Waals surface area contributed by atoms with Gasteiger partial charge in [0.2, 0.25) is 10.0 Å². The van der Waals surface area contributed by atoms with E-state index in [1.54, 1.807) is 12.1 Å². The predicted octanol–water partition coefficient (Wildman–Crippen LogP) is 4.07. The fourth-order valence-electron chi connectivity index (χ4n) is 2.37. The van der Waals surface area contributed by atoms with Crippen LogP contribution in [-0.4, -0.2) is 20.1 Å². The van der Waals surface area contributed by atoms with Gasteiger partial charge in [-0.1, -0.05) is 54.9 Å². The van der Waals surface area contributed by atoms with E-state index in [4.69, 9.17) is 0 Å². The van der Waals surface area contributed by atoms with Crippen LogP contribution in [0.25, 0.3) is 0 Å². The van der Waals surface area contributed by atoms with Crippen LogP contribution in [0.15, 0.2) is 17.0 Å². The van der Waals surface area contributed by atoms with Gasteiger partial charge in [0.1, 0.15) is 5.75 Å². The summed E-state index contributed by atoms with van der Waals surface area (Å²) < 4.78 is 27.8. The first kappa shape index (κ1) is 20.0. The van der Waals surface area contributed by atoms with Gasteiger partial charge in [0.15, 0.2) is 0 Å². The van der Waals surface area contributed by atoms with Crippen LogP contribution in [0.5, 0.6) is 5.75 Å². The van der Waals surface area contributed by atoms with E-state index in [1.165, 1.54) is 0 Å². The van der Waals surface area contributed by atoms with Crippen molar-refractivity contribution in [1.29, 1.82) is 0 Å². The van der Waals surface area contributed by atoms with Gasteiger partial charge in [-0.25, -0.2) is 13.1 Å². The lowest BCUT2D eigenvalue weighted by molar-refractivity contribution is 0.421. The Balaban J connectivity index is 3.51. The standard InChI is InChI=1S/C18H31NO3S/c1-8-9-10-19-23(21,22)13-11-14(17(2,3)4)16(20)15(12-13)18(5,6)7/h11-12,19-20H,8-10H2,1-7H3. The molecule has 23 heavy (non-hydrogen) atoms. The molecule has 0 aliphatic carbocycles. The maximum Gasteiger partial charge on any atom is 0.240 e. The molecule has 2 N–H and O–H groups in total. The fourth-order valence-corrected chi connectivity index (χ4v) is 3.50. The summed E-state index contributed by atoms with van der Waals surface area (Å²) >= 11 is 0. The van der Waals surface area contributed by atoms with Crippen molar-refractivity contribution in [3.05, 3.63) is 23.3 Å². The first-order valence-electron chi connectivity index (χ1n) is 8.18. The average Bonchev–Trinajstić information content (AvgIpc) is 2.36.